The minimum atomic E-state index is -0.152. The lowest BCUT2D eigenvalue weighted by molar-refractivity contribution is 0.558. The van der Waals surface area contributed by atoms with Crippen LogP contribution in [-0.4, -0.2) is 0 Å². The van der Waals surface area contributed by atoms with Gasteiger partial charge in [0, 0.05) is 5.56 Å². The Labute approximate surface area is 69.8 Å². The van der Waals surface area contributed by atoms with Crippen molar-refractivity contribution in [3.8, 4) is 0 Å². The van der Waals surface area contributed by atoms with Crippen LogP contribution in [0.2, 0.25) is 5.22 Å². The first kappa shape index (κ1) is 8.33. The summed E-state index contributed by atoms with van der Waals surface area (Å²) in [4.78, 5) is 0. The van der Waals surface area contributed by atoms with E-state index in [1.807, 2.05) is 0 Å². The van der Waals surface area contributed by atoms with E-state index in [1.54, 1.807) is 12.1 Å². The largest absolute Gasteiger partial charge is 0.453 e. The summed E-state index contributed by atoms with van der Waals surface area (Å²) >= 11 is 5.68. The molecule has 0 aliphatic heterocycles. The Morgan fingerprint density at radius 3 is 2.91 bits per heavy atom. The quantitative estimate of drug-likeness (QED) is 0.414. The van der Waals surface area contributed by atoms with Gasteiger partial charge in [-0.15, -0.1) is 6.58 Å². The molecule has 0 amide bonds. The predicted molar refractivity (Wildman–Crippen MR) is 44.0 cm³/mol. The second-order valence-corrected chi connectivity index (χ2v) is 2.37. The average Bonchev–Trinajstić information content (AvgIpc) is 2.40. The maximum absolute atomic E-state index is 5.68. The number of nitrogens with one attached hydrogen (secondary N) is 1. The molecule has 1 unspecified atom stereocenters. The summed E-state index contributed by atoms with van der Waals surface area (Å²) in [7, 11) is 0. The van der Waals surface area contributed by atoms with Gasteiger partial charge >= 0.3 is 0 Å². The first-order valence-corrected chi connectivity index (χ1v) is 3.49. The molecule has 1 heterocycles. The third-order valence-corrected chi connectivity index (χ3v) is 1.70. The fourth-order valence-electron chi connectivity index (χ4n) is 0.811. The Hall–Kier alpha value is -0.770. The standard InChI is InChI=1S/C7H9ClN2O/c1-2-6(10-9)5-3-4-11-7(5)8/h2-4,6,10H,1,9H2. The maximum Gasteiger partial charge on any atom is 0.198 e. The molecule has 1 rings (SSSR count). The van der Waals surface area contributed by atoms with Crippen LogP contribution < -0.4 is 11.3 Å². The summed E-state index contributed by atoms with van der Waals surface area (Å²) in [6.45, 7) is 3.59. The van der Waals surface area contributed by atoms with Crippen molar-refractivity contribution in [1.29, 1.82) is 0 Å². The lowest BCUT2D eigenvalue weighted by atomic mass is 10.2. The minimum absolute atomic E-state index is 0.152. The fourth-order valence-corrected chi connectivity index (χ4v) is 1.04. The Kier molecular flexibility index (Phi) is 2.70. The van der Waals surface area contributed by atoms with Crippen LogP contribution in [0.5, 0.6) is 0 Å². The van der Waals surface area contributed by atoms with Gasteiger partial charge in [0.1, 0.15) is 0 Å². The minimum Gasteiger partial charge on any atom is -0.453 e. The van der Waals surface area contributed by atoms with Crippen molar-refractivity contribution in [3.63, 3.8) is 0 Å². The fraction of sp³-hybridized carbons (Fsp3) is 0.143. The molecule has 0 saturated heterocycles. The topological polar surface area (TPSA) is 51.2 Å². The zero-order valence-electron chi connectivity index (χ0n) is 5.88. The van der Waals surface area contributed by atoms with E-state index in [0.29, 0.717) is 5.22 Å². The SMILES string of the molecule is C=CC(NN)c1ccoc1Cl. The second-order valence-electron chi connectivity index (χ2n) is 2.03. The van der Waals surface area contributed by atoms with E-state index in [1.165, 1.54) is 6.26 Å². The van der Waals surface area contributed by atoms with Crippen molar-refractivity contribution in [2.45, 2.75) is 6.04 Å². The highest BCUT2D eigenvalue weighted by atomic mass is 35.5. The molecule has 3 N–H and O–H groups in total. The van der Waals surface area contributed by atoms with Gasteiger partial charge in [-0.3, -0.25) is 5.84 Å². The zero-order valence-corrected chi connectivity index (χ0v) is 6.64. The van der Waals surface area contributed by atoms with Gasteiger partial charge in [0.2, 0.25) is 0 Å². The normalized spacial score (nSPS) is 12.9. The van der Waals surface area contributed by atoms with E-state index in [0.717, 1.165) is 5.56 Å². The van der Waals surface area contributed by atoms with Crippen LogP contribution in [0.1, 0.15) is 11.6 Å². The van der Waals surface area contributed by atoms with Crippen molar-refractivity contribution in [3.05, 3.63) is 35.8 Å². The van der Waals surface area contributed by atoms with Gasteiger partial charge in [-0.05, 0) is 17.7 Å². The number of hydrogen-bond donors (Lipinski definition) is 2. The zero-order chi connectivity index (χ0) is 8.27. The van der Waals surface area contributed by atoms with Crippen LogP contribution >= 0.6 is 11.6 Å². The van der Waals surface area contributed by atoms with Crippen LogP contribution in [0.25, 0.3) is 0 Å². The molecule has 0 aromatic carbocycles. The summed E-state index contributed by atoms with van der Waals surface area (Å²) in [6.07, 6.45) is 3.16. The van der Waals surface area contributed by atoms with E-state index in [9.17, 15) is 0 Å². The third-order valence-electron chi connectivity index (χ3n) is 1.40. The Balaban J connectivity index is 2.89. The Bertz CT molecular complexity index is 246. The van der Waals surface area contributed by atoms with Crippen molar-refractivity contribution >= 4 is 11.6 Å². The van der Waals surface area contributed by atoms with Gasteiger partial charge in [-0.25, -0.2) is 5.43 Å². The molecule has 0 aliphatic rings. The molecule has 1 atom stereocenters. The van der Waals surface area contributed by atoms with E-state index in [4.69, 9.17) is 21.9 Å². The summed E-state index contributed by atoms with van der Waals surface area (Å²) < 4.78 is 4.87. The summed E-state index contributed by atoms with van der Waals surface area (Å²) in [5, 5.41) is 0.341. The second kappa shape index (κ2) is 3.57. The molecule has 1 aromatic heterocycles. The van der Waals surface area contributed by atoms with Gasteiger partial charge < -0.3 is 4.42 Å². The first-order chi connectivity index (χ1) is 5.29. The third kappa shape index (κ3) is 1.63. The van der Waals surface area contributed by atoms with Gasteiger partial charge in [0.15, 0.2) is 5.22 Å². The molecule has 0 aliphatic carbocycles. The molecular weight excluding hydrogens is 164 g/mol. The molecule has 4 heteroatoms. The maximum atomic E-state index is 5.68. The number of halogens is 1. The van der Waals surface area contributed by atoms with E-state index < -0.39 is 0 Å². The van der Waals surface area contributed by atoms with E-state index >= 15 is 0 Å². The molecule has 1 aromatic rings. The Morgan fingerprint density at radius 2 is 2.55 bits per heavy atom. The highest BCUT2D eigenvalue weighted by Gasteiger charge is 2.10. The lowest BCUT2D eigenvalue weighted by Gasteiger charge is -2.07. The highest BCUT2D eigenvalue weighted by molar-refractivity contribution is 6.29. The number of rotatable bonds is 3. The smallest absolute Gasteiger partial charge is 0.198 e. The molecule has 11 heavy (non-hydrogen) atoms. The molecule has 0 bridgehead atoms. The Morgan fingerprint density at radius 1 is 1.82 bits per heavy atom. The van der Waals surface area contributed by atoms with Gasteiger partial charge in [-0.1, -0.05) is 6.08 Å². The molecular formula is C7H9ClN2O. The molecule has 0 spiro atoms. The molecule has 0 radical (unpaired) electrons. The van der Waals surface area contributed by atoms with Gasteiger partial charge in [-0.2, -0.15) is 0 Å². The van der Waals surface area contributed by atoms with Crippen molar-refractivity contribution in [1.82, 2.24) is 5.43 Å². The van der Waals surface area contributed by atoms with E-state index in [-0.39, 0.29) is 6.04 Å². The summed E-state index contributed by atoms with van der Waals surface area (Å²) in [5.41, 5.74) is 3.33. The summed E-state index contributed by atoms with van der Waals surface area (Å²) in [6, 6.07) is 1.59. The van der Waals surface area contributed by atoms with Crippen LogP contribution in [-0.2, 0) is 0 Å². The molecule has 0 saturated carbocycles. The lowest BCUT2D eigenvalue weighted by Crippen LogP contribution is -2.26. The number of hydrazine groups is 1. The van der Waals surface area contributed by atoms with Crippen LogP contribution in [0, 0.1) is 0 Å². The van der Waals surface area contributed by atoms with Crippen LogP contribution in [0.3, 0.4) is 0 Å². The average molecular weight is 173 g/mol. The molecule has 60 valence electrons. The first-order valence-electron chi connectivity index (χ1n) is 3.11. The van der Waals surface area contributed by atoms with E-state index in [2.05, 4.69) is 12.0 Å². The molecule has 3 nitrogen and oxygen atoms in total. The van der Waals surface area contributed by atoms with Gasteiger partial charge in [0.05, 0.1) is 12.3 Å². The number of hydrogen-bond acceptors (Lipinski definition) is 3. The predicted octanol–water partition coefficient (Wildman–Crippen LogP) is 1.62. The van der Waals surface area contributed by atoms with Gasteiger partial charge in [0.25, 0.3) is 0 Å². The monoisotopic (exact) mass is 172 g/mol. The summed E-state index contributed by atoms with van der Waals surface area (Å²) in [5.74, 6) is 5.22. The highest BCUT2D eigenvalue weighted by Crippen LogP contribution is 2.23. The van der Waals surface area contributed by atoms with Crippen molar-refractivity contribution in [2.24, 2.45) is 5.84 Å². The molecule has 0 fully saturated rings. The number of furan rings is 1. The van der Waals surface area contributed by atoms with Crippen molar-refractivity contribution in [2.75, 3.05) is 0 Å². The van der Waals surface area contributed by atoms with Crippen LogP contribution in [0.4, 0.5) is 0 Å². The van der Waals surface area contributed by atoms with Crippen molar-refractivity contribution < 1.29 is 4.42 Å². The number of nitrogens with two attached hydrogens (primary N) is 1. The van der Waals surface area contributed by atoms with Crippen LogP contribution in [0.15, 0.2) is 29.4 Å².